The highest BCUT2D eigenvalue weighted by Gasteiger charge is 2.59. The summed E-state index contributed by atoms with van der Waals surface area (Å²) in [6, 6.07) is 0. The Kier molecular flexibility index (Phi) is 3.26. The van der Waals surface area contributed by atoms with E-state index in [1.165, 1.54) is 5.57 Å². The standard InChI is InChI=1S/C21H27NO2/c1-4-12-11-15-19(22)16(23)8-10-20(15,2)14-7-9-21(3)13(18(12)14)5-6-17(21)24/h4,11,13-14,18H,1,5-10,22H2,2-3H3/t13-,14-,18-,20+,21-/m0/s1. The molecule has 3 nitrogen and oxygen atoms in total. The zero-order chi connectivity index (χ0) is 17.3. The number of hydrogen-bond donors (Lipinski definition) is 1. The lowest BCUT2D eigenvalue weighted by molar-refractivity contribution is -0.130. The molecular formula is C21H27NO2. The first-order chi connectivity index (χ1) is 11.3. The Morgan fingerprint density at radius 3 is 2.54 bits per heavy atom. The lowest BCUT2D eigenvalue weighted by Gasteiger charge is -2.56. The van der Waals surface area contributed by atoms with Gasteiger partial charge in [0.25, 0.3) is 0 Å². The summed E-state index contributed by atoms with van der Waals surface area (Å²) in [5, 5.41) is 0. The van der Waals surface area contributed by atoms with Crippen molar-refractivity contribution >= 4 is 11.6 Å². The molecule has 2 N–H and O–H groups in total. The fourth-order valence-corrected chi connectivity index (χ4v) is 6.28. The second-order valence-corrected chi connectivity index (χ2v) is 8.67. The van der Waals surface area contributed by atoms with Gasteiger partial charge >= 0.3 is 0 Å². The van der Waals surface area contributed by atoms with Gasteiger partial charge in [0.2, 0.25) is 0 Å². The van der Waals surface area contributed by atoms with Gasteiger partial charge in [-0.25, -0.2) is 0 Å². The van der Waals surface area contributed by atoms with Gasteiger partial charge in [-0.2, -0.15) is 0 Å². The van der Waals surface area contributed by atoms with Crippen LogP contribution in [0.3, 0.4) is 0 Å². The van der Waals surface area contributed by atoms with Crippen molar-refractivity contribution in [2.45, 2.75) is 52.4 Å². The van der Waals surface area contributed by atoms with Gasteiger partial charge in [-0.15, -0.1) is 0 Å². The number of fused-ring (bicyclic) bond motifs is 5. The van der Waals surface area contributed by atoms with Crippen molar-refractivity contribution in [2.75, 3.05) is 0 Å². The second kappa shape index (κ2) is 4.93. The Morgan fingerprint density at radius 2 is 1.83 bits per heavy atom. The smallest absolute Gasteiger partial charge is 0.178 e. The first kappa shape index (κ1) is 15.9. The SMILES string of the molecule is C=CC1=CC2=C(N)C(=O)CC[C@]2(C)[C@H]2CC[C@]3(C)C(=O)CC[C@H]3[C@H]12. The van der Waals surface area contributed by atoms with Crippen LogP contribution in [0.1, 0.15) is 52.4 Å². The average molecular weight is 325 g/mol. The molecule has 0 aliphatic heterocycles. The van der Waals surface area contributed by atoms with Crippen molar-refractivity contribution < 1.29 is 9.59 Å². The monoisotopic (exact) mass is 325 g/mol. The van der Waals surface area contributed by atoms with Crippen molar-refractivity contribution in [3.8, 4) is 0 Å². The van der Waals surface area contributed by atoms with Gasteiger partial charge in [-0.3, -0.25) is 9.59 Å². The third kappa shape index (κ3) is 1.79. The Morgan fingerprint density at radius 1 is 1.12 bits per heavy atom. The van der Waals surface area contributed by atoms with E-state index in [4.69, 9.17) is 5.73 Å². The van der Waals surface area contributed by atoms with E-state index in [1.54, 1.807) is 0 Å². The summed E-state index contributed by atoms with van der Waals surface area (Å²) in [6.45, 7) is 8.50. The van der Waals surface area contributed by atoms with Crippen molar-refractivity contribution in [1.29, 1.82) is 0 Å². The van der Waals surface area contributed by atoms with Crippen LogP contribution in [-0.4, -0.2) is 11.6 Å². The molecule has 0 unspecified atom stereocenters. The quantitative estimate of drug-likeness (QED) is 0.799. The summed E-state index contributed by atoms with van der Waals surface area (Å²) in [6.07, 6.45) is 9.21. The molecule has 3 heteroatoms. The zero-order valence-corrected chi connectivity index (χ0v) is 14.7. The highest BCUT2D eigenvalue weighted by molar-refractivity contribution is 5.97. The highest BCUT2D eigenvalue weighted by Crippen LogP contribution is 2.64. The molecule has 4 rings (SSSR count). The van der Waals surface area contributed by atoms with Crippen LogP contribution in [0, 0.1) is 28.6 Å². The maximum Gasteiger partial charge on any atom is 0.178 e. The van der Waals surface area contributed by atoms with Crippen LogP contribution < -0.4 is 5.73 Å². The van der Waals surface area contributed by atoms with Gasteiger partial charge in [0.1, 0.15) is 5.78 Å². The molecule has 4 aliphatic rings. The van der Waals surface area contributed by atoms with Gasteiger partial charge in [0, 0.05) is 18.3 Å². The number of carbonyl (C=O) groups excluding carboxylic acids is 2. The van der Waals surface area contributed by atoms with E-state index >= 15 is 0 Å². The fraction of sp³-hybridized carbons (Fsp3) is 0.619. The van der Waals surface area contributed by atoms with Crippen molar-refractivity contribution in [3.63, 3.8) is 0 Å². The molecule has 24 heavy (non-hydrogen) atoms. The number of carbonyl (C=O) groups is 2. The predicted octanol–water partition coefficient (Wildman–Crippen LogP) is 3.71. The third-order valence-electron chi connectivity index (χ3n) is 7.81. The Hall–Kier alpha value is -1.64. The lowest BCUT2D eigenvalue weighted by atomic mass is 9.47. The molecule has 0 radical (unpaired) electrons. The van der Waals surface area contributed by atoms with Gasteiger partial charge < -0.3 is 5.73 Å². The molecule has 0 aromatic carbocycles. The molecule has 0 aromatic rings. The van der Waals surface area contributed by atoms with E-state index < -0.39 is 0 Å². The zero-order valence-electron chi connectivity index (χ0n) is 14.7. The molecule has 0 bridgehead atoms. The van der Waals surface area contributed by atoms with E-state index in [0.29, 0.717) is 35.7 Å². The Labute approximate surface area is 144 Å². The number of rotatable bonds is 1. The maximum absolute atomic E-state index is 12.5. The minimum absolute atomic E-state index is 0.0395. The number of nitrogens with two attached hydrogens (primary N) is 1. The van der Waals surface area contributed by atoms with Crippen molar-refractivity contribution in [3.05, 3.63) is 35.6 Å². The molecule has 4 aliphatic carbocycles. The van der Waals surface area contributed by atoms with Gasteiger partial charge in [0.15, 0.2) is 5.78 Å². The topological polar surface area (TPSA) is 60.2 Å². The first-order valence-electron chi connectivity index (χ1n) is 9.23. The van der Waals surface area contributed by atoms with Crippen molar-refractivity contribution in [2.24, 2.45) is 34.3 Å². The van der Waals surface area contributed by atoms with E-state index in [0.717, 1.165) is 37.7 Å². The highest BCUT2D eigenvalue weighted by atomic mass is 16.1. The average Bonchev–Trinajstić information content (AvgIpc) is 2.87. The molecular weight excluding hydrogens is 298 g/mol. The Balaban J connectivity index is 1.89. The number of hydrogen-bond acceptors (Lipinski definition) is 3. The van der Waals surface area contributed by atoms with E-state index in [9.17, 15) is 9.59 Å². The largest absolute Gasteiger partial charge is 0.396 e. The van der Waals surface area contributed by atoms with Crippen LogP contribution in [0.2, 0.25) is 0 Å². The summed E-state index contributed by atoms with van der Waals surface area (Å²) in [7, 11) is 0. The van der Waals surface area contributed by atoms with Crippen LogP contribution in [0.5, 0.6) is 0 Å². The van der Waals surface area contributed by atoms with Crippen LogP contribution in [-0.2, 0) is 9.59 Å². The molecule has 0 spiro atoms. The number of Topliss-reactive ketones (excluding diaryl/α,β-unsaturated/α-hetero) is 2. The third-order valence-corrected chi connectivity index (χ3v) is 7.81. The summed E-state index contributed by atoms with van der Waals surface area (Å²) in [5.41, 5.74) is 8.68. The molecule has 5 atom stereocenters. The van der Waals surface area contributed by atoms with Crippen LogP contribution in [0.15, 0.2) is 35.6 Å². The number of allylic oxidation sites excluding steroid dienone is 5. The molecule has 0 amide bonds. The normalized spacial score (nSPS) is 44.6. The second-order valence-electron chi connectivity index (χ2n) is 8.67. The summed E-state index contributed by atoms with van der Waals surface area (Å²) < 4.78 is 0. The molecule has 0 saturated heterocycles. The molecule has 2 fully saturated rings. The maximum atomic E-state index is 12.5. The van der Waals surface area contributed by atoms with Crippen LogP contribution in [0.4, 0.5) is 0 Å². The lowest BCUT2D eigenvalue weighted by Crippen LogP contribution is -2.51. The minimum atomic E-state index is -0.170. The molecule has 128 valence electrons. The first-order valence-corrected chi connectivity index (χ1v) is 9.23. The summed E-state index contributed by atoms with van der Waals surface area (Å²) in [5.74, 6) is 1.77. The molecule has 0 heterocycles. The molecule has 0 aromatic heterocycles. The molecule has 2 saturated carbocycles. The summed E-state index contributed by atoms with van der Waals surface area (Å²) >= 11 is 0. The van der Waals surface area contributed by atoms with Crippen LogP contribution in [0.25, 0.3) is 0 Å². The van der Waals surface area contributed by atoms with E-state index in [-0.39, 0.29) is 16.6 Å². The minimum Gasteiger partial charge on any atom is -0.396 e. The van der Waals surface area contributed by atoms with Gasteiger partial charge in [-0.1, -0.05) is 32.6 Å². The van der Waals surface area contributed by atoms with E-state index in [1.807, 2.05) is 6.08 Å². The Bertz CT molecular complexity index is 715. The summed E-state index contributed by atoms with van der Waals surface area (Å²) in [4.78, 5) is 24.7. The fourth-order valence-electron chi connectivity index (χ4n) is 6.28. The number of ketones is 2. The van der Waals surface area contributed by atoms with Crippen LogP contribution >= 0.6 is 0 Å². The van der Waals surface area contributed by atoms with Gasteiger partial charge in [-0.05, 0) is 60.0 Å². The van der Waals surface area contributed by atoms with E-state index in [2.05, 4.69) is 26.5 Å². The predicted molar refractivity (Wildman–Crippen MR) is 93.9 cm³/mol. The van der Waals surface area contributed by atoms with Gasteiger partial charge in [0.05, 0.1) is 5.70 Å². The van der Waals surface area contributed by atoms with Crippen molar-refractivity contribution in [1.82, 2.24) is 0 Å².